The summed E-state index contributed by atoms with van der Waals surface area (Å²) < 4.78 is 32.2. The molecule has 0 amide bonds. The molecule has 0 radical (unpaired) electrons. The lowest BCUT2D eigenvalue weighted by Gasteiger charge is -2.23. The lowest BCUT2D eigenvalue weighted by atomic mass is 10.0. The molecule has 1 atom stereocenters. The van der Waals surface area contributed by atoms with E-state index in [0.29, 0.717) is 24.7 Å². The third-order valence-corrected chi connectivity index (χ3v) is 4.86. The zero-order valence-corrected chi connectivity index (χ0v) is 11.5. The Bertz CT molecular complexity index is 553. The quantitative estimate of drug-likeness (QED) is 0.824. The molecule has 1 aromatic rings. The van der Waals surface area contributed by atoms with Crippen LogP contribution in [0.15, 0.2) is 23.1 Å². The Balaban J connectivity index is 2.27. The second-order valence-corrected chi connectivity index (χ2v) is 6.74. The Morgan fingerprint density at radius 3 is 2.78 bits per heavy atom. The number of nitrogens with two attached hydrogens (primary N) is 1. The normalized spacial score (nSPS) is 24.3. The van der Waals surface area contributed by atoms with Crippen molar-refractivity contribution >= 4 is 27.3 Å². The number of benzene rings is 1. The standard InChI is InChI=1S/C11H15ClN2O3S/c1-11(4-5-17-7-11)14-18(15,16)8-2-3-9(12)10(13)6-8/h2-3,6,14H,4-5,7,13H2,1H3. The number of anilines is 1. The molecule has 0 spiro atoms. The van der Waals surface area contributed by atoms with Gasteiger partial charge in [-0.2, -0.15) is 0 Å². The number of nitrogen functional groups attached to an aromatic ring is 1. The highest BCUT2D eigenvalue weighted by Gasteiger charge is 2.34. The highest BCUT2D eigenvalue weighted by molar-refractivity contribution is 7.89. The van der Waals surface area contributed by atoms with Gasteiger partial charge < -0.3 is 10.5 Å². The molecule has 3 N–H and O–H groups in total. The van der Waals surface area contributed by atoms with Crippen LogP contribution in [0, 0.1) is 0 Å². The molecule has 5 nitrogen and oxygen atoms in total. The summed E-state index contributed by atoms with van der Waals surface area (Å²) in [5.74, 6) is 0. The Kier molecular flexibility index (Phi) is 3.55. The van der Waals surface area contributed by atoms with Crippen molar-refractivity contribution in [3.8, 4) is 0 Å². The first-order valence-electron chi connectivity index (χ1n) is 5.49. The fraction of sp³-hybridized carbons (Fsp3) is 0.455. The number of halogens is 1. The zero-order valence-electron chi connectivity index (χ0n) is 9.94. The van der Waals surface area contributed by atoms with Gasteiger partial charge in [-0.25, -0.2) is 13.1 Å². The summed E-state index contributed by atoms with van der Waals surface area (Å²) in [5, 5.41) is 0.337. The second-order valence-electron chi connectivity index (χ2n) is 4.65. The highest BCUT2D eigenvalue weighted by Crippen LogP contribution is 2.25. The van der Waals surface area contributed by atoms with Gasteiger partial charge in [0.25, 0.3) is 0 Å². The van der Waals surface area contributed by atoms with Crippen molar-refractivity contribution in [2.75, 3.05) is 18.9 Å². The zero-order chi connectivity index (χ0) is 13.4. The van der Waals surface area contributed by atoms with Crippen LogP contribution in [0.5, 0.6) is 0 Å². The molecule has 1 saturated heterocycles. The first-order chi connectivity index (χ1) is 8.32. The van der Waals surface area contributed by atoms with Crippen molar-refractivity contribution in [2.24, 2.45) is 0 Å². The molecule has 18 heavy (non-hydrogen) atoms. The van der Waals surface area contributed by atoms with Crippen LogP contribution in [0.4, 0.5) is 5.69 Å². The Morgan fingerprint density at radius 1 is 1.50 bits per heavy atom. The summed E-state index contributed by atoms with van der Waals surface area (Å²) in [6.45, 7) is 2.74. The average molecular weight is 291 g/mol. The van der Waals surface area contributed by atoms with Crippen LogP contribution < -0.4 is 10.5 Å². The third-order valence-electron chi connectivity index (χ3n) is 2.88. The minimum atomic E-state index is -3.61. The largest absolute Gasteiger partial charge is 0.397 e. The van der Waals surface area contributed by atoms with E-state index in [1.54, 1.807) is 0 Å². The Labute approximate surface area is 111 Å². The number of ether oxygens (including phenoxy) is 1. The lowest BCUT2D eigenvalue weighted by Crippen LogP contribution is -2.46. The van der Waals surface area contributed by atoms with Crippen LogP contribution in [-0.2, 0) is 14.8 Å². The number of hydrogen-bond donors (Lipinski definition) is 2. The van der Waals surface area contributed by atoms with E-state index in [1.807, 2.05) is 6.92 Å². The van der Waals surface area contributed by atoms with Gasteiger partial charge in [-0.1, -0.05) is 11.6 Å². The van der Waals surface area contributed by atoms with Crippen molar-refractivity contribution in [3.05, 3.63) is 23.2 Å². The molecule has 0 aromatic heterocycles. The number of hydrogen-bond acceptors (Lipinski definition) is 4. The van der Waals surface area contributed by atoms with Crippen molar-refractivity contribution in [1.29, 1.82) is 0 Å². The molecule has 100 valence electrons. The predicted molar refractivity (Wildman–Crippen MR) is 70.0 cm³/mol. The molecule has 1 aliphatic heterocycles. The van der Waals surface area contributed by atoms with Crippen molar-refractivity contribution in [1.82, 2.24) is 4.72 Å². The van der Waals surface area contributed by atoms with E-state index in [0.717, 1.165) is 0 Å². The molecular weight excluding hydrogens is 276 g/mol. The van der Waals surface area contributed by atoms with Gasteiger partial charge in [-0.3, -0.25) is 0 Å². The second kappa shape index (κ2) is 4.70. The predicted octanol–water partition coefficient (Wildman–Crippen LogP) is 1.38. The van der Waals surface area contributed by atoms with Gasteiger partial charge >= 0.3 is 0 Å². The molecule has 1 aliphatic rings. The monoisotopic (exact) mass is 290 g/mol. The summed E-state index contributed by atoms with van der Waals surface area (Å²) >= 11 is 5.77. The van der Waals surface area contributed by atoms with Gasteiger partial charge in [0, 0.05) is 6.61 Å². The number of rotatable bonds is 3. The van der Waals surface area contributed by atoms with Gasteiger partial charge in [0.15, 0.2) is 0 Å². The van der Waals surface area contributed by atoms with Crippen LogP contribution in [0.1, 0.15) is 13.3 Å². The molecular formula is C11H15ClN2O3S. The summed E-state index contributed by atoms with van der Waals surface area (Å²) in [6, 6.07) is 4.25. The van der Waals surface area contributed by atoms with Gasteiger partial charge in [0.1, 0.15) is 0 Å². The fourth-order valence-electron chi connectivity index (χ4n) is 1.82. The average Bonchev–Trinajstić information content (AvgIpc) is 2.67. The van der Waals surface area contributed by atoms with E-state index in [9.17, 15) is 8.42 Å². The maximum atomic E-state index is 12.2. The van der Waals surface area contributed by atoms with Crippen molar-refractivity contribution in [3.63, 3.8) is 0 Å². The topological polar surface area (TPSA) is 81.4 Å². The summed E-state index contributed by atoms with van der Waals surface area (Å²) in [4.78, 5) is 0.109. The molecule has 1 fully saturated rings. The van der Waals surface area contributed by atoms with E-state index < -0.39 is 15.6 Å². The first-order valence-corrected chi connectivity index (χ1v) is 7.35. The minimum absolute atomic E-state index is 0.109. The molecule has 7 heteroatoms. The maximum Gasteiger partial charge on any atom is 0.241 e. The van der Waals surface area contributed by atoms with Crippen LogP contribution >= 0.6 is 11.6 Å². The molecule has 1 aromatic carbocycles. The Hall–Kier alpha value is -0.820. The van der Waals surface area contributed by atoms with Crippen LogP contribution in [0.2, 0.25) is 5.02 Å². The van der Waals surface area contributed by atoms with Crippen LogP contribution in [0.25, 0.3) is 0 Å². The molecule has 1 heterocycles. The molecule has 0 aliphatic carbocycles. The number of sulfonamides is 1. The first kappa shape index (κ1) is 13.6. The van der Waals surface area contributed by atoms with Gasteiger partial charge in [-0.15, -0.1) is 0 Å². The third kappa shape index (κ3) is 2.77. The van der Waals surface area contributed by atoms with Gasteiger partial charge in [-0.05, 0) is 31.5 Å². The molecule has 0 saturated carbocycles. The summed E-state index contributed by atoms with van der Waals surface area (Å²) in [6.07, 6.45) is 0.648. The van der Waals surface area contributed by atoms with Crippen molar-refractivity contribution in [2.45, 2.75) is 23.8 Å². The van der Waals surface area contributed by atoms with E-state index in [-0.39, 0.29) is 10.6 Å². The summed E-state index contributed by atoms with van der Waals surface area (Å²) in [7, 11) is -3.61. The minimum Gasteiger partial charge on any atom is -0.397 e. The van der Waals surface area contributed by atoms with Crippen molar-refractivity contribution < 1.29 is 13.2 Å². The summed E-state index contributed by atoms with van der Waals surface area (Å²) in [5.41, 5.74) is 5.29. The van der Waals surface area contributed by atoms with Gasteiger partial charge in [0.2, 0.25) is 10.0 Å². The number of nitrogens with one attached hydrogen (secondary N) is 1. The molecule has 1 unspecified atom stereocenters. The highest BCUT2D eigenvalue weighted by atomic mass is 35.5. The van der Waals surface area contributed by atoms with Crippen LogP contribution in [0.3, 0.4) is 0 Å². The molecule has 0 bridgehead atoms. The SMILES string of the molecule is CC1(NS(=O)(=O)c2ccc(Cl)c(N)c2)CCOC1. The van der Waals surface area contributed by atoms with E-state index >= 15 is 0 Å². The Morgan fingerprint density at radius 2 is 2.22 bits per heavy atom. The smallest absolute Gasteiger partial charge is 0.241 e. The van der Waals surface area contributed by atoms with E-state index in [4.69, 9.17) is 22.1 Å². The lowest BCUT2D eigenvalue weighted by molar-refractivity contribution is 0.178. The van der Waals surface area contributed by atoms with E-state index in [2.05, 4.69) is 4.72 Å². The van der Waals surface area contributed by atoms with E-state index in [1.165, 1.54) is 18.2 Å². The van der Waals surface area contributed by atoms with Gasteiger partial charge in [0.05, 0.1) is 27.8 Å². The van der Waals surface area contributed by atoms with Crippen LogP contribution in [-0.4, -0.2) is 27.2 Å². The fourth-order valence-corrected chi connectivity index (χ4v) is 3.39. The molecule has 2 rings (SSSR count). The maximum absolute atomic E-state index is 12.2.